The average molecular weight is 664 g/mol. The summed E-state index contributed by atoms with van der Waals surface area (Å²) in [5, 5.41) is 0.0796. The van der Waals surface area contributed by atoms with Crippen LogP contribution in [0.2, 0.25) is 36.3 Å². The predicted octanol–water partition coefficient (Wildman–Crippen LogP) is 10.2. The number of hydrogen-bond donors (Lipinski definition) is 1. The van der Waals surface area contributed by atoms with Crippen LogP contribution in [0.3, 0.4) is 0 Å². The Labute approximate surface area is 279 Å². The van der Waals surface area contributed by atoms with Crippen LogP contribution in [-0.4, -0.2) is 47.3 Å². The smallest absolute Gasteiger partial charge is 0.404 e. The highest BCUT2D eigenvalue weighted by Gasteiger charge is 2.44. The Balaban J connectivity index is 6.61. The molecule has 45 heavy (non-hydrogen) atoms. The Morgan fingerprint density at radius 3 is 1.64 bits per heavy atom. The fourth-order valence-electron chi connectivity index (χ4n) is 5.41. The van der Waals surface area contributed by atoms with Gasteiger partial charge in [0.25, 0.3) is 0 Å². The molecule has 0 radical (unpaired) electrons. The van der Waals surface area contributed by atoms with E-state index in [0.717, 1.165) is 12.7 Å². The van der Waals surface area contributed by atoms with Crippen molar-refractivity contribution in [1.82, 2.24) is 0 Å². The topological polar surface area (TPSA) is 87.8 Å². The minimum Gasteiger partial charge on any atom is -0.445 e. The summed E-state index contributed by atoms with van der Waals surface area (Å²) in [6, 6.07) is 0. The molecule has 0 aliphatic rings. The molecule has 1 amide bonds. The summed E-state index contributed by atoms with van der Waals surface area (Å²) in [6.45, 7) is 39.3. The lowest BCUT2D eigenvalue weighted by Gasteiger charge is -2.45. The minimum absolute atomic E-state index is 0.0119. The summed E-state index contributed by atoms with van der Waals surface area (Å²) in [5.74, 6) is 0.157. The van der Waals surface area contributed by atoms with Gasteiger partial charge in [0.05, 0.1) is 12.2 Å². The number of amides is 1. The molecule has 8 atom stereocenters. The first kappa shape index (κ1) is 43.3. The highest BCUT2D eigenvalue weighted by Crippen LogP contribution is 2.42. The van der Waals surface area contributed by atoms with Crippen LogP contribution in [0.25, 0.3) is 0 Å². The van der Waals surface area contributed by atoms with Crippen molar-refractivity contribution in [1.29, 1.82) is 0 Å². The molecule has 0 saturated carbocycles. The third kappa shape index (κ3) is 13.9. The summed E-state index contributed by atoms with van der Waals surface area (Å²) < 4.78 is 19.9. The van der Waals surface area contributed by atoms with Crippen LogP contribution >= 0.6 is 0 Å². The molecule has 0 aromatic rings. The number of aldehydes is 1. The molecule has 0 aromatic carbocycles. The van der Waals surface area contributed by atoms with Crippen molar-refractivity contribution in [2.45, 2.75) is 144 Å². The van der Waals surface area contributed by atoms with Crippen molar-refractivity contribution >= 4 is 29.0 Å². The Hall–Kier alpha value is -1.75. The van der Waals surface area contributed by atoms with E-state index in [4.69, 9.17) is 19.3 Å². The summed E-state index contributed by atoms with van der Waals surface area (Å²) in [5.41, 5.74) is 6.84. The van der Waals surface area contributed by atoms with Gasteiger partial charge in [0.15, 0.2) is 16.6 Å². The summed E-state index contributed by atoms with van der Waals surface area (Å²) in [6.07, 6.45) is 11.7. The maximum absolute atomic E-state index is 12.1. The molecule has 0 fully saturated rings. The van der Waals surface area contributed by atoms with Gasteiger partial charge in [-0.2, -0.15) is 0 Å². The lowest BCUT2D eigenvalue weighted by atomic mass is 9.81. The van der Waals surface area contributed by atoms with E-state index < -0.39 is 28.8 Å². The number of ether oxygens (including phenoxy) is 1. The number of hydrogen-bond acceptors (Lipinski definition) is 5. The molecule has 0 rings (SSSR count). The molecule has 8 heteroatoms. The van der Waals surface area contributed by atoms with E-state index in [1.807, 2.05) is 25.2 Å². The normalized spacial score (nSPS) is 19.4. The third-order valence-electron chi connectivity index (χ3n) is 10.1. The molecule has 0 heterocycles. The maximum Gasteiger partial charge on any atom is 0.404 e. The van der Waals surface area contributed by atoms with E-state index in [0.29, 0.717) is 0 Å². The molecular weight excluding hydrogens is 595 g/mol. The quantitative estimate of drug-likeness (QED) is 0.0518. The van der Waals surface area contributed by atoms with Crippen LogP contribution in [0, 0.1) is 29.6 Å². The molecule has 0 spiro atoms. The van der Waals surface area contributed by atoms with Crippen molar-refractivity contribution in [3.63, 3.8) is 0 Å². The average Bonchev–Trinajstić information content (AvgIpc) is 2.88. The van der Waals surface area contributed by atoms with Gasteiger partial charge in [-0.3, -0.25) is 4.79 Å². The Bertz CT molecular complexity index is 1030. The number of carbonyl (C=O) groups excluding carboxylic acids is 2. The third-order valence-corrected chi connectivity index (χ3v) is 19.1. The van der Waals surface area contributed by atoms with Gasteiger partial charge < -0.3 is 19.3 Å². The zero-order valence-corrected chi connectivity index (χ0v) is 33.7. The lowest BCUT2D eigenvalue weighted by Crippen LogP contribution is -2.50. The summed E-state index contributed by atoms with van der Waals surface area (Å²) in [7, 11) is -4.26. The van der Waals surface area contributed by atoms with E-state index in [-0.39, 0.29) is 51.9 Å². The molecular formula is C37H69NO5Si2. The summed E-state index contributed by atoms with van der Waals surface area (Å²) in [4.78, 5) is 23.2. The monoisotopic (exact) mass is 663 g/mol. The Morgan fingerprint density at radius 1 is 0.778 bits per heavy atom. The van der Waals surface area contributed by atoms with Crippen molar-refractivity contribution < 1.29 is 23.2 Å². The van der Waals surface area contributed by atoms with Gasteiger partial charge in [-0.25, -0.2) is 4.79 Å². The fourth-order valence-corrected chi connectivity index (χ4v) is 8.36. The molecule has 2 N–H and O–H groups in total. The predicted molar refractivity (Wildman–Crippen MR) is 197 cm³/mol. The number of nitrogens with two attached hydrogens (primary N) is 1. The van der Waals surface area contributed by atoms with Crippen molar-refractivity contribution in [2.75, 3.05) is 0 Å². The largest absolute Gasteiger partial charge is 0.445 e. The van der Waals surface area contributed by atoms with E-state index in [9.17, 15) is 9.59 Å². The van der Waals surface area contributed by atoms with E-state index in [1.165, 1.54) is 5.57 Å². The van der Waals surface area contributed by atoms with Crippen molar-refractivity contribution in [3.8, 4) is 0 Å². The van der Waals surface area contributed by atoms with Gasteiger partial charge in [0.2, 0.25) is 0 Å². The van der Waals surface area contributed by atoms with Crippen LogP contribution in [0.15, 0.2) is 48.6 Å². The second kappa shape index (κ2) is 18.0. The van der Waals surface area contributed by atoms with E-state index in [2.05, 4.69) is 115 Å². The van der Waals surface area contributed by atoms with Gasteiger partial charge >= 0.3 is 6.09 Å². The van der Waals surface area contributed by atoms with Crippen LogP contribution in [0.4, 0.5) is 4.79 Å². The summed E-state index contributed by atoms with van der Waals surface area (Å²) >= 11 is 0. The lowest BCUT2D eigenvalue weighted by molar-refractivity contribution is -0.104. The SMILES string of the molecule is C=C/C=C/[C@H](C)[C@H](OC(N)=O)[C@@H](C)[C@H](O[Si](C)(C)C(C)(C)C)[C@@H](C)C/C(C)=C/[C@H](C)[C@@H](O[Si](C)(C)C(C)(C)C)[C@@H](C)/C=C/C=O. The van der Waals surface area contributed by atoms with Crippen molar-refractivity contribution in [3.05, 3.63) is 48.6 Å². The molecule has 0 saturated heterocycles. The molecule has 0 unspecified atom stereocenters. The zero-order valence-electron chi connectivity index (χ0n) is 31.7. The standard InChI is InChI=1S/C37H69NO5Si2/c1-18-19-21-28(4)33(41-35(38)40)31(7)34(43-45(16,17)37(11,12)13)30(6)25-26(2)24-29(5)32(27(3)22-20-23-39)42-44(14,15)36(8,9)10/h18-24,27-34H,1,25H2,2-17H3,(H2,38,40)/b21-19+,22-20+,26-24+/t27-,28-,29-,30-,31+,32-,33-,34+/m0/s1. The van der Waals surface area contributed by atoms with Crippen LogP contribution in [0.1, 0.15) is 89.5 Å². The minimum atomic E-state index is -2.19. The maximum atomic E-state index is 12.1. The first-order chi connectivity index (χ1) is 20.3. The van der Waals surface area contributed by atoms with Gasteiger partial charge in [0.1, 0.15) is 12.4 Å². The highest BCUT2D eigenvalue weighted by molar-refractivity contribution is 6.74. The highest BCUT2D eigenvalue weighted by atomic mass is 28.4. The molecule has 0 aromatic heterocycles. The zero-order chi connectivity index (χ0) is 35.6. The molecule has 6 nitrogen and oxygen atoms in total. The van der Waals surface area contributed by atoms with Gasteiger partial charge in [-0.05, 0) is 73.4 Å². The van der Waals surface area contributed by atoms with Gasteiger partial charge in [-0.15, -0.1) is 0 Å². The Kier molecular flexibility index (Phi) is 17.3. The Morgan fingerprint density at radius 2 is 1.22 bits per heavy atom. The number of allylic oxidation sites excluding steroid dienone is 4. The van der Waals surface area contributed by atoms with E-state index in [1.54, 1.807) is 12.2 Å². The van der Waals surface area contributed by atoms with E-state index >= 15 is 0 Å². The number of primary amides is 1. The second-order valence-corrected chi connectivity index (χ2v) is 25.9. The first-order valence-corrected chi connectivity index (χ1v) is 22.5. The molecule has 0 aliphatic carbocycles. The van der Waals surface area contributed by atoms with Gasteiger partial charge in [-0.1, -0.05) is 119 Å². The molecule has 0 bridgehead atoms. The number of carbonyl (C=O) groups is 2. The molecule has 260 valence electrons. The van der Waals surface area contributed by atoms with Crippen LogP contribution in [-0.2, 0) is 18.4 Å². The van der Waals surface area contributed by atoms with Crippen LogP contribution in [0.5, 0.6) is 0 Å². The number of rotatable bonds is 18. The second-order valence-electron chi connectivity index (χ2n) is 16.4. The van der Waals surface area contributed by atoms with Gasteiger partial charge in [0, 0.05) is 11.8 Å². The van der Waals surface area contributed by atoms with Crippen molar-refractivity contribution in [2.24, 2.45) is 35.3 Å². The fraction of sp³-hybridized carbons (Fsp3) is 0.730. The van der Waals surface area contributed by atoms with Crippen LogP contribution < -0.4 is 5.73 Å². The molecule has 0 aliphatic heterocycles. The first-order valence-electron chi connectivity index (χ1n) is 16.7.